The Balaban J connectivity index is 1.62. The standard InChI is InChI=1S/C13H24N2O/c1-12(16-3)8-15(9-12)11-4-5-13(11)6-7-14(2)10-13/h11H,4-10H2,1-3H3. The highest BCUT2D eigenvalue weighted by Gasteiger charge is 2.56. The molecule has 0 aromatic carbocycles. The average molecular weight is 224 g/mol. The van der Waals surface area contributed by atoms with E-state index in [0.29, 0.717) is 5.41 Å². The number of hydrogen-bond donors (Lipinski definition) is 0. The van der Waals surface area contributed by atoms with Crippen molar-refractivity contribution in [1.29, 1.82) is 0 Å². The highest BCUT2D eigenvalue weighted by molar-refractivity contribution is 5.10. The molecule has 3 fully saturated rings. The first-order valence-electron chi connectivity index (χ1n) is 6.55. The molecule has 3 aliphatic rings. The number of methoxy groups -OCH3 is 1. The molecule has 3 rings (SSSR count). The molecule has 0 bridgehead atoms. The molecule has 92 valence electrons. The Hall–Kier alpha value is -0.120. The van der Waals surface area contributed by atoms with Crippen LogP contribution in [0.1, 0.15) is 26.2 Å². The molecule has 3 nitrogen and oxygen atoms in total. The molecule has 0 amide bonds. The van der Waals surface area contributed by atoms with E-state index in [4.69, 9.17) is 4.74 Å². The van der Waals surface area contributed by atoms with Gasteiger partial charge >= 0.3 is 0 Å². The lowest BCUT2D eigenvalue weighted by molar-refractivity contribution is -0.165. The highest BCUT2D eigenvalue weighted by Crippen LogP contribution is 2.52. The summed E-state index contributed by atoms with van der Waals surface area (Å²) >= 11 is 0. The normalized spacial score (nSPS) is 43.3. The lowest BCUT2D eigenvalue weighted by Crippen LogP contribution is -2.69. The van der Waals surface area contributed by atoms with Crippen LogP contribution in [-0.2, 0) is 4.74 Å². The molecule has 0 radical (unpaired) electrons. The fraction of sp³-hybridized carbons (Fsp3) is 1.00. The lowest BCUT2D eigenvalue weighted by Gasteiger charge is -2.60. The van der Waals surface area contributed by atoms with Crippen molar-refractivity contribution in [2.45, 2.75) is 37.8 Å². The van der Waals surface area contributed by atoms with Crippen molar-refractivity contribution in [3.8, 4) is 0 Å². The number of nitrogens with zero attached hydrogens (tertiary/aromatic N) is 2. The van der Waals surface area contributed by atoms with Gasteiger partial charge in [0, 0.05) is 32.8 Å². The summed E-state index contributed by atoms with van der Waals surface area (Å²) in [6.07, 6.45) is 4.27. The van der Waals surface area contributed by atoms with Crippen LogP contribution in [0.25, 0.3) is 0 Å². The molecule has 0 aromatic heterocycles. The fourth-order valence-corrected chi connectivity index (χ4v) is 4.00. The van der Waals surface area contributed by atoms with Crippen LogP contribution >= 0.6 is 0 Å². The molecule has 2 saturated heterocycles. The second kappa shape index (κ2) is 3.44. The van der Waals surface area contributed by atoms with E-state index in [2.05, 4.69) is 23.8 Å². The average Bonchev–Trinajstić information content (AvgIpc) is 2.59. The third kappa shape index (κ3) is 1.45. The monoisotopic (exact) mass is 224 g/mol. The second-order valence-corrected chi connectivity index (χ2v) is 6.46. The summed E-state index contributed by atoms with van der Waals surface area (Å²) in [7, 11) is 4.11. The van der Waals surface area contributed by atoms with E-state index in [9.17, 15) is 0 Å². The van der Waals surface area contributed by atoms with Crippen molar-refractivity contribution in [2.75, 3.05) is 40.3 Å². The molecule has 1 aliphatic carbocycles. The van der Waals surface area contributed by atoms with Gasteiger partial charge in [-0.1, -0.05) is 0 Å². The van der Waals surface area contributed by atoms with Crippen molar-refractivity contribution >= 4 is 0 Å². The van der Waals surface area contributed by atoms with Gasteiger partial charge in [-0.2, -0.15) is 0 Å². The fourth-order valence-electron chi connectivity index (χ4n) is 4.00. The summed E-state index contributed by atoms with van der Waals surface area (Å²) in [5, 5.41) is 0. The van der Waals surface area contributed by atoms with Crippen LogP contribution in [0, 0.1) is 5.41 Å². The molecule has 0 aromatic rings. The topological polar surface area (TPSA) is 15.7 Å². The van der Waals surface area contributed by atoms with E-state index in [1.54, 1.807) is 0 Å². The van der Waals surface area contributed by atoms with Crippen LogP contribution in [0.4, 0.5) is 0 Å². The van der Waals surface area contributed by atoms with Gasteiger partial charge in [-0.25, -0.2) is 0 Å². The van der Waals surface area contributed by atoms with E-state index < -0.39 is 0 Å². The van der Waals surface area contributed by atoms with Gasteiger partial charge in [-0.15, -0.1) is 0 Å². The van der Waals surface area contributed by atoms with Gasteiger partial charge in [0.25, 0.3) is 0 Å². The first-order chi connectivity index (χ1) is 7.57. The Kier molecular flexibility index (Phi) is 2.36. The van der Waals surface area contributed by atoms with Crippen molar-refractivity contribution in [2.24, 2.45) is 5.41 Å². The molecule has 2 aliphatic heterocycles. The minimum absolute atomic E-state index is 0.140. The maximum atomic E-state index is 5.54. The van der Waals surface area contributed by atoms with Crippen LogP contribution < -0.4 is 0 Å². The molecule has 16 heavy (non-hydrogen) atoms. The molecule has 1 spiro atoms. The van der Waals surface area contributed by atoms with Crippen molar-refractivity contribution in [1.82, 2.24) is 9.80 Å². The maximum absolute atomic E-state index is 5.54. The predicted molar refractivity (Wildman–Crippen MR) is 64.6 cm³/mol. The van der Waals surface area contributed by atoms with E-state index in [1.165, 1.54) is 32.4 Å². The van der Waals surface area contributed by atoms with E-state index in [0.717, 1.165) is 19.1 Å². The Morgan fingerprint density at radius 2 is 1.94 bits per heavy atom. The number of likely N-dealkylation sites (tertiary alicyclic amines) is 2. The summed E-state index contributed by atoms with van der Waals surface area (Å²) in [5.41, 5.74) is 0.783. The van der Waals surface area contributed by atoms with Crippen LogP contribution in [0.2, 0.25) is 0 Å². The van der Waals surface area contributed by atoms with Gasteiger partial charge in [0.15, 0.2) is 0 Å². The number of ether oxygens (including phenoxy) is 1. The highest BCUT2D eigenvalue weighted by atomic mass is 16.5. The first kappa shape index (κ1) is 11.0. The zero-order valence-electron chi connectivity index (χ0n) is 10.8. The lowest BCUT2D eigenvalue weighted by atomic mass is 9.62. The first-order valence-corrected chi connectivity index (χ1v) is 6.55. The molecule has 2 heterocycles. The van der Waals surface area contributed by atoms with Gasteiger partial charge in [0.05, 0.1) is 5.60 Å². The van der Waals surface area contributed by atoms with Crippen molar-refractivity contribution < 1.29 is 4.74 Å². The number of rotatable bonds is 2. The Bertz CT molecular complexity index is 288. The molecular weight excluding hydrogens is 200 g/mol. The zero-order valence-corrected chi connectivity index (χ0v) is 10.8. The van der Waals surface area contributed by atoms with Crippen molar-refractivity contribution in [3.63, 3.8) is 0 Å². The van der Waals surface area contributed by atoms with Gasteiger partial charge in [0.2, 0.25) is 0 Å². The third-order valence-corrected chi connectivity index (χ3v) is 5.21. The zero-order chi connectivity index (χ0) is 11.4. The maximum Gasteiger partial charge on any atom is 0.0903 e. The van der Waals surface area contributed by atoms with Gasteiger partial charge < -0.3 is 9.64 Å². The van der Waals surface area contributed by atoms with Crippen molar-refractivity contribution in [3.05, 3.63) is 0 Å². The molecular formula is C13H24N2O. The molecule has 0 N–H and O–H groups in total. The minimum Gasteiger partial charge on any atom is -0.376 e. The molecule has 1 saturated carbocycles. The van der Waals surface area contributed by atoms with E-state index >= 15 is 0 Å². The molecule has 3 heteroatoms. The van der Waals surface area contributed by atoms with E-state index in [1.807, 2.05) is 7.11 Å². The van der Waals surface area contributed by atoms with Crippen LogP contribution in [0.15, 0.2) is 0 Å². The largest absolute Gasteiger partial charge is 0.376 e. The van der Waals surface area contributed by atoms with Gasteiger partial charge in [0.1, 0.15) is 0 Å². The summed E-state index contributed by atoms with van der Waals surface area (Å²) in [6.45, 7) is 7.12. The Morgan fingerprint density at radius 1 is 1.19 bits per heavy atom. The second-order valence-electron chi connectivity index (χ2n) is 6.46. The molecule has 2 unspecified atom stereocenters. The van der Waals surface area contributed by atoms with Gasteiger partial charge in [-0.3, -0.25) is 4.90 Å². The summed E-state index contributed by atoms with van der Waals surface area (Å²) in [5.74, 6) is 0. The van der Waals surface area contributed by atoms with Gasteiger partial charge in [-0.05, 0) is 45.2 Å². The summed E-state index contributed by atoms with van der Waals surface area (Å²) in [4.78, 5) is 5.16. The number of hydrogen-bond acceptors (Lipinski definition) is 3. The minimum atomic E-state index is 0.140. The van der Waals surface area contributed by atoms with Crippen LogP contribution in [0.3, 0.4) is 0 Å². The Morgan fingerprint density at radius 3 is 2.38 bits per heavy atom. The van der Waals surface area contributed by atoms with E-state index in [-0.39, 0.29) is 5.60 Å². The summed E-state index contributed by atoms with van der Waals surface area (Å²) in [6, 6.07) is 0.848. The quantitative estimate of drug-likeness (QED) is 0.701. The Labute approximate surface area is 98.7 Å². The molecule has 2 atom stereocenters. The SMILES string of the molecule is COC1(C)CN(C2CCC23CCN(C)C3)C1. The summed E-state index contributed by atoms with van der Waals surface area (Å²) < 4.78 is 5.54. The predicted octanol–water partition coefficient (Wildman–Crippen LogP) is 1.19. The smallest absolute Gasteiger partial charge is 0.0903 e. The van der Waals surface area contributed by atoms with Crippen LogP contribution in [0.5, 0.6) is 0 Å². The third-order valence-electron chi connectivity index (χ3n) is 5.21. The van der Waals surface area contributed by atoms with Crippen LogP contribution in [-0.4, -0.2) is 61.8 Å².